The molecule has 60 heavy (non-hydrogen) atoms. The molecule has 0 unspecified atom stereocenters. The van der Waals surface area contributed by atoms with E-state index in [4.69, 9.17) is 82.1 Å². The van der Waals surface area contributed by atoms with Crippen molar-refractivity contribution >= 4 is 113 Å². The van der Waals surface area contributed by atoms with Gasteiger partial charge in [-0.25, -0.2) is 0 Å². The van der Waals surface area contributed by atoms with Crippen molar-refractivity contribution in [1.82, 2.24) is 4.90 Å². The van der Waals surface area contributed by atoms with Gasteiger partial charge in [0.05, 0.1) is 40.2 Å². The van der Waals surface area contributed by atoms with Gasteiger partial charge >= 0.3 is 0 Å². The van der Waals surface area contributed by atoms with E-state index >= 15 is 0 Å². The van der Waals surface area contributed by atoms with Crippen molar-refractivity contribution in [2.75, 3.05) is 45.0 Å². The number of benzene rings is 4. The molecule has 6 rings (SSSR count). The molecule has 1 aliphatic carbocycles. The number of amides is 2. The maximum atomic E-state index is 12.4. The Morgan fingerprint density at radius 3 is 1.52 bits per heavy atom. The Balaban J connectivity index is 0.000000278. The molecule has 2 amide bonds. The van der Waals surface area contributed by atoms with Gasteiger partial charge in [-0.1, -0.05) is 77.1 Å². The van der Waals surface area contributed by atoms with Gasteiger partial charge in [0, 0.05) is 97.6 Å². The Morgan fingerprint density at radius 1 is 0.667 bits per heavy atom. The van der Waals surface area contributed by atoms with Crippen LogP contribution in [-0.2, 0) is 17.8 Å². The van der Waals surface area contributed by atoms with Crippen LogP contribution in [-0.4, -0.2) is 111 Å². The summed E-state index contributed by atoms with van der Waals surface area (Å²) >= 11 is 23.8. The fourth-order valence-electron chi connectivity index (χ4n) is 6.99. The first-order valence-corrected chi connectivity index (χ1v) is 21.4. The summed E-state index contributed by atoms with van der Waals surface area (Å²) in [5, 5.41) is 7.41. The van der Waals surface area contributed by atoms with Gasteiger partial charge < -0.3 is 32.3 Å². The molecule has 8 radical (unpaired) electrons. The zero-order chi connectivity index (χ0) is 43.1. The van der Waals surface area contributed by atoms with E-state index in [1.54, 1.807) is 36.4 Å². The fourth-order valence-corrected chi connectivity index (χ4v) is 7.59. The van der Waals surface area contributed by atoms with Crippen LogP contribution in [0.5, 0.6) is 0 Å². The predicted octanol–water partition coefficient (Wildman–Crippen LogP) is 5.73. The fraction of sp³-hybridized carbons (Fsp3) is 0.381. The molecular weight excluding hydrogens is 851 g/mol. The second-order valence-corrected chi connectivity index (χ2v) is 17.3. The molecular formula is C42H49B6Cl5N4O3. The van der Waals surface area contributed by atoms with E-state index in [-0.39, 0.29) is 24.2 Å². The second kappa shape index (κ2) is 25.6. The molecule has 2 aliphatic rings. The molecule has 2 fully saturated rings. The molecule has 1 saturated heterocycles. The smallest absolute Gasteiger partial charge is 0.255 e. The van der Waals surface area contributed by atoms with Crippen molar-refractivity contribution in [1.29, 1.82) is 0 Å². The van der Waals surface area contributed by atoms with Crippen LogP contribution in [0.2, 0.25) is 20.1 Å². The third-order valence-corrected chi connectivity index (χ3v) is 12.1. The lowest BCUT2D eigenvalue weighted by atomic mass is 8.81. The van der Waals surface area contributed by atoms with Crippen molar-refractivity contribution in [3.63, 3.8) is 0 Å². The SMILES string of the molecule is CN(Cc1ccc(NC(=O)c2ccc(Cl)c(Cl)c2)cc1)C1CCOCC1.C[N+](C)(Cc1ccc(NC(=O)c2ccc(Cl)c(Cl)c2)cc1)C1CCCCC1.[B]B([B])B([B])[B].[Cl-]. The number of carbonyl (C=O) groups excluding carboxylic acids is 2. The third-order valence-electron chi connectivity index (χ3n) is 10.6. The number of nitrogens with one attached hydrogen (secondary N) is 2. The van der Waals surface area contributed by atoms with E-state index in [9.17, 15) is 9.59 Å². The molecule has 18 heteroatoms. The van der Waals surface area contributed by atoms with Gasteiger partial charge in [-0.05, 0) is 112 Å². The minimum atomic E-state index is -0.593. The van der Waals surface area contributed by atoms with Crippen LogP contribution in [0.4, 0.5) is 11.4 Å². The predicted molar refractivity (Wildman–Crippen MR) is 254 cm³/mol. The molecule has 1 heterocycles. The molecule has 2 N–H and O–H groups in total. The normalized spacial score (nSPS) is 14.3. The average molecular weight is 900 g/mol. The van der Waals surface area contributed by atoms with Crippen molar-refractivity contribution < 1.29 is 31.2 Å². The van der Waals surface area contributed by atoms with Gasteiger partial charge in [0.1, 0.15) is 6.54 Å². The topological polar surface area (TPSA) is 70.7 Å². The van der Waals surface area contributed by atoms with Gasteiger partial charge in [0.15, 0.2) is 0 Å². The summed E-state index contributed by atoms with van der Waals surface area (Å²) in [7, 11) is 26.7. The minimum absolute atomic E-state index is 0. The minimum Gasteiger partial charge on any atom is -1.00 e. The van der Waals surface area contributed by atoms with E-state index in [1.807, 2.05) is 36.4 Å². The molecule has 1 aliphatic heterocycles. The maximum Gasteiger partial charge on any atom is 0.255 e. The highest BCUT2D eigenvalue weighted by molar-refractivity contribution is 7.76. The van der Waals surface area contributed by atoms with Crippen LogP contribution in [0, 0.1) is 0 Å². The Hall–Kier alpha value is -2.46. The Labute approximate surface area is 389 Å². The van der Waals surface area contributed by atoms with Crippen LogP contribution >= 0.6 is 46.4 Å². The summed E-state index contributed by atoms with van der Waals surface area (Å²) in [5.41, 5.74) is 4.99. The third kappa shape index (κ3) is 17.0. The molecule has 4 aromatic rings. The highest BCUT2D eigenvalue weighted by Gasteiger charge is 2.29. The quantitative estimate of drug-likeness (QED) is 0.149. The van der Waals surface area contributed by atoms with Gasteiger partial charge in [0.2, 0.25) is 0 Å². The first kappa shape index (κ1) is 51.9. The molecule has 0 bridgehead atoms. The Bertz CT molecular complexity index is 1950. The molecule has 0 spiro atoms. The summed E-state index contributed by atoms with van der Waals surface area (Å²) in [6, 6.07) is 27.1. The van der Waals surface area contributed by atoms with E-state index in [0.717, 1.165) is 61.0 Å². The van der Waals surface area contributed by atoms with Crippen molar-refractivity contribution in [2.24, 2.45) is 0 Å². The van der Waals surface area contributed by atoms with Crippen LogP contribution < -0.4 is 23.0 Å². The number of hydrogen-bond acceptors (Lipinski definition) is 4. The second-order valence-electron chi connectivity index (χ2n) is 15.7. The summed E-state index contributed by atoms with van der Waals surface area (Å²) in [5.74, 6) is -0.407. The number of nitrogens with zero attached hydrogens (tertiary/aromatic N) is 2. The Morgan fingerprint density at radius 2 is 1.10 bits per heavy atom. The lowest BCUT2D eigenvalue weighted by Crippen LogP contribution is -3.00. The first-order chi connectivity index (χ1) is 28.0. The van der Waals surface area contributed by atoms with Gasteiger partial charge in [0.25, 0.3) is 11.8 Å². The van der Waals surface area contributed by atoms with E-state index in [0.29, 0.717) is 37.3 Å². The summed E-state index contributed by atoms with van der Waals surface area (Å²) < 4.78 is 6.44. The van der Waals surface area contributed by atoms with Crippen molar-refractivity contribution in [2.45, 2.75) is 70.1 Å². The summed E-state index contributed by atoms with van der Waals surface area (Å²) in [4.78, 5) is 27.1. The number of ether oxygens (including phenoxy) is 1. The lowest BCUT2D eigenvalue weighted by molar-refractivity contribution is -0.929. The first-order valence-electron chi connectivity index (χ1n) is 19.9. The molecule has 0 atom stereocenters. The van der Waals surface area contributed by atoms with Gasteiger partial charge in [-0.15, -0.1) is 0 Å². The number of anilines is 2. The number of hydrogen-bond donors (Lipinski definition) is 2. The standard InChI is InChI=1S/C22H26Cl2N2O.C20H22Cl2N2O2.B6.ClH/c1-26(2,19-6-4-3-5-7-19)15-16-8-11-18(12-9-16)25-22(27)17-10-13-20(23)21(24)14-17;1-24(17-8-10-26-11-9-17)13-14-2-5-16(6-3-14)23-20(25)15-4-7-18(21)19(22)12-15;1-5(2)6(3)4;/h8-14,19H,3-7,15H2,1-2H3;2-7,12,17H,8-11,13H2,1H3,(H,23,25);;1H. The van der Waals surface area contributed by atoms with Crippen LogP contribution in [0.25, 0.3) is 0 Å². The number of carbonyl (C=O) groups is 2. The number of rotatable bonds is 11. The van der Waals surface area contributed by atoms with Gasteiger partial charge in [-0.2, -0.15) is 0 Å². The zero-order valence-corrected chi connectivity index (χ0v) is 38.3. The highest BCUT2D eigenvalue weighted by Crippen LogP contribution is 2.29. The zero-order valence-electron chi connectivity index (χ0n) is 34.5. The highest BCUT2D eigenvalue weighted by atomic mass is 35.5. The number of halogens is 5. The Kier molecular flexibility index (Phi) is 22.1. The monoisotopic (exact) mass is 898 g/mol. The maximum absolute atomic E-state index is 12.4. The average Bonchev–Trinajstić information content (AvgIpc) is 3.22. The van der Waals surface area contributed by atoms with Crippen molar-refractivity contribution in [3.05, 3.63) is 127 Å². The summed E-state index contributed by atoms with van der Waals surface area (Å²) in [6.07, 6.45) is 7.70. The van der Waals surface area contributed by atoms with E-state index < -0.39 is 12.8 Å². The molecule has 0 aromatic heterocycles. The molecule has 7 nitrogen and oxygen atoms in total. The van der Waals surface area contributed by atoms with Crippen molar-refractivity contribution in [3.8, 4) is 0 Å². The van der Waals surface area contributed by atoms with Crippen LogP contribution in [0.3, 0.4) is 0 Å². The molecule has 4 aromatic carbocycles. The molecule has 308 valence electrons. The lowest BCUT2D eigenvalue weighted by Gasteiger charge is -2.40. The number of quaternary nitrogens is 1. The van der Waals surface area contributed by atoms with Crippen LogP contribution in [0.15, 0.2) is 84.9 Å². The van der Waals surface area contributed by atoms with Gasteiger partial charge in [-0.3, -0.25) is 14.5 Å². The van der Waals surface area contributed by atoms with E-state index in [2.05, 4.69) is 48.8 Å². The largest absolute Gasteiger partial charge is 1.00 e. The van der Waals surface area contributed by atoms with E-state index in [1.165, 1.54) is 43.2 Å². The molecule has 1 saturated carbocycles. The van der Waals surface area contributed by atoms with Crippen LogP contribution in [0.1, 0.15) is 76.8 Å². The summed E-state index contributed by atoms with van der Waals surface area (Å²) in [6.45, 7) is 3.57.